The third kappa shape index (κ3) is 7.63. The molecule has 1 aromatic carbocycles. The van der Waals surface area contributed by atoms with Crippen molar-refractivity contribution in [3.8, 4) is 0 Å². The Morgan fingerprint density at radius 1 is 1.00 bits per heavy atom. The zero-order chi connectivity index (χ0) is 9.52. The molecule has 1 rings (SSSR count). The molecule has 0 heterocycles. The summed E-state index contributed by atoms with van der Waals surface area (Å²) < 4.78 is 0. The molecule has 0 radical (unpaired) electrons. The first-order valence-electron chi connectivity index (χ1n) is 4.82. The second-order valence-corrected chi connectivity index (χ2v) is 3.36. The number of halogens is 2. The number of hydrogen-bond donors (Lipinski definition) is 2. The predicted molar refractivity (Wildman–Crippen MR) is 70.9 cm³/mol. The summed E-state index contributed by atoms with van der Waals surface area (Å²) in [6.07, 6.45) is 3.01. The zero-order valence-electron chi connectivity index (χ0n) is 8.76. The van der Waals surface area contributed by atoms with Gasteiger partial charge >= 0.3 is 0 Å². The van der Waals surface area contributed by atoms with Crippen LogP contribution in [-0.2, 0) is 6.42 Å². The van der Waals surface area contributed by atoms with Gasteiger partial charge in [-0.05, 0) is 31.4 Å². The minimum atomic E-state index is 0. The molecule has 1 atom stereocenters. The quantitative estimate of drug-likeness (QED) is 0.842. The van der Waals surface area contributed by atoms with Crippen molar-refractivity contribution in [3.05, 3.63) is 35.9 Å². The van der Waals surface area contributed by atoms with E-state index in [0.29, 0.717) is 6.54 Å². The summed E-state index contributed by atoms with van der Waals surface area (Å²) in [6.45, 7) is 0.690. The van der Waals surface area contributed by atoms with E-state index in [0.717, 1.165) is 19.3 Å². The van der Waals surface area contributed by atoms with E-state index in [1.54, 1.807) is 0 Å². The van der Waals surface area contributed by atoms with Crippen molar-refractivity contribution >= 4 is 24.8 Å². The van der Waals surface area contributed by atoms with Gasteiger partial charge in [0.1, 0.15) is 0 Å². The minimum Gasteiger partial charge on any atom is -0.330 e. The van der Waals surface area contributed by atoms with E-state index in [1.807, 2.05) is 6.07 Å². The fraction of sp³-hybridized carbons (Fsp3) is 0.455. The molecular formula is C11H20Cl2N2. The van der Waals surface area contributed by atoms with Gasteiger partial charge in [-0.2, -0.15) is 0 Å². The average Bonchev–Trinajstić information content (AvgIpc) is 2.17. The van der Waals surface area contributed by atoms with Crippen molar-refractivity contribution in [2.75, 3.05) is 6.54 Å². The van der Waals surface area contributed by atoms with Gasteiger partial charge in [0, 0.05) is 6.04 Å². The Labute approximate surface area is 104 Å². The number of benzene rings is 1. The lowest BCUT2D eigenvalue weighted by atomic mass is 10.0. The Morgan fingerprint density at radius 3 is 2.13 bits per heavy atom. The highest BCUT2D eigenvalue weighted by molar-refractivity contribution is 5.85. The van der Waals surface area contributed by atoms with Crippen molar-refractivity contribution in [2.45, 2.75) is 25.3 Å². The van der Waals surface area contributed by atoms with Gasteiger partial charge in [-0.1, -0.05) is 30.3 Å². The van der Waals surface area contributed by atoms with Crippen LogP contribution in [0.2, 0.25) is 0 Å². The summed E-state index contributed by atoms with van der Waals surface area (Å²) in [6, 6.07) is 10.7. The van der Waals surface area contributed by atoms with Gasteiger partial charge in [-0.25, -0.2) is 0 Å². The molecule has 0 bridgehead atoms. The SMILES string of the molecule is Cl.Cl.NCCC(N)CCc1ccccc1. The average molecular weight is 251 g/mol. The maximum atomic E-state index is 5.85. The van der Waals surface area contributed by atoms with Crippen LogP contribution in [0.4, 0.5) is 0 Å². The first-order valence-corrected chi connectivity index (χ1v) is 4.82. The number of aryl methyl sites for hydroxylation is 1. The van der Waals surface area contributed by atoms with Crippen molar-refractivity contribution < 1.29 is 0 Å². The van der Waals surface area contributed by atoms with Crippen LogP contribution >= 0.6 is 24.8 Å². The van der Waals surface area contributed by atoms with Crippen LogP contribution in [0.15, 0.2) is 30.3 Å². The van der Waals surface area contributed by atoms with E-state index in [4.69, 9.17) is 11.5 Å². The van der Waals surface area contributed by atoms with Crippen LogP contribution in [0.25, 0.3) is 0 Å². The van der Waals surface area contributed by atoms with Gasteiger partial charge in [0.25, 0.3) is 0 Å². The third-order valence-electron chi connectivity index (χ3n) is 2.18. The van der Waals surface area contributed by atoms with Crippen LogP contribution in [0.5, 0.6) is 0 Å². The molecule has 4 heteroatoms. The van der Waals surface area contributed by atoms with E-state index in [9.17, 15) is 0 Å². The van der Waals surface area contributed by atoms with Crippen LogP contribution in [-0.4, -0.2) is 12.6 Å². The topological polar surface area (TPSA) is 52.0 Å². The molecule has 0 amide bonds. The molecular weight excluding hydrogens is 231 g/mol. The van der Waals surface area contributed by atoms with E-state index >= 15 is 0 Å². The second kappa shape index (κ2) is 10.2. The number of rotatable bonds is 5. The first kappa shape index (κ1) is 17.1. The lowest BCUT2D eigenvalue weighted by Crippen LogP contribution is -2.24. The summed E-state index contributed by atoms with van der Waals surface area (Å²) >= 11 is 0. The fourth-order valence-electron chi connectivity index (χ4n) is 1.36. The summed E-state index contributed by atoms with van der Waals surface area (Å²) in [5.74, 6) is 0. The molecule has 88 valence electrons. The Bertz CT molecular complexity index is 229. The van der Waals surface area contributed by atoms with E-state index in [1.165, 1.54) is 5.56 Å². The lowest BCUT2D eigenvalue weighted by Gasteiger charge is -2.09. The number of hydrogen-bond acceptors (Lipinski definition) is 2. The molecule has 0 aliphatic carbocycles. The van der Waals surface area contributed by atoms with Crippen molar-refractivity contribution in [3.63, 3.8) is 0 Å². The monoisotopic (exact) mass is 250 g/mol. The van der Waals surface area contributed by atoms with Crippen molar-refractivity contribution in [1.82, 2.24) is 0 Å². The van der Waals surface area contributed by atoms with Gasteiger partial charge in [-0.15, -0.1) is 24.8 Å². The first-order chi connectivity index (χ1) is 6.33. The number of nitrogens with two attached hydrogens (primary N) is 2. The van der Waals surface area contributed by atoms with Crippen LogP contribution < -0.4 is 11.5 Å². The fourth-order valence-corrected chi connectivity index (χ4v) is 1.36. The molecule has 0 aliphatic heterocycles. The van der Waals surface area contributed by atoms with Crippen LogP contribution in [0.1, 0.15) is 18.4 Å². The standard InChI is InChI=1S/C11H18N2.2ClH/c12-9-8-11(13)7-6-10-4-2-1-3-5-10;;/h1-5,11H,6-9,12-13H2;2*1H. The molecule has 0 spiro atoms. The molecule has 0 saturated heterocycles. The Morgan fingerprint density at radius 2 is 1.60 bits per heavy atom. The largest absolute Gasteiger partial charge is 0.330 e. The van der Waals surface area contributed by atoms with Crippen LogP contribution in [0, 0.1) is 0 Å². The molecule has 0 aliphatic rings. The normalized spacial score (nSPS) is 11.1. The molecule has 15 heavy (non-hydrogen) atoms. The second-order valence-electron chi connectivity index (χ2n) is 3.36. The van der Waals surface area contributed by atoms with Crippen LogP contribution in [0.3, 0.4) is 0 Å². The maximum absolute atomic E-state index is 5.85. The van der Waals surface area contributed by atoms with Gasteiger partial charge < -0.3 is 11.5 Å². The zero-order valence-corrected chi connectivity index (χ0v) is 10.4. The molecule has 0 aromatic heterocycles. The molecule has 2 nitrogen and oxygen atoms in total. The van der Waals surface area contributed by atoms with Crippen molar-refractivity contribution in [2.24, 2.45) is 11.5 Å². The molecule has 4 N–H and O–H groups in total. The van der Waals surface area contributed by atoms with E-state index in [-0.39, 0.29) is 30.9 Å². The summed E-state index contributed by atoms with van der Waals surface area (Å²) in [5.41, 5.74) is 12.6. The van der Waals surface area contributed by atoms with E-state index in [2.05, 4.69) is 24.3 Å². The minimum absolute atomic E-state index is 0. The van der Waals surface area contributed by atoms with Crippen molar-refractivity contribution in [1.29, 1.82) is 0 Å². The predicted octanol–water partition coefficient (Wildman–Crippen LogP) is 2.14. The van der Waals surface area contributed by atoms with Gasteiger partial charge in [0.15, 0.2) is 0 Å². The molecule has 0 fully saturated rings. The van der Waals surface area contributed by atoms with Gasteiger partial charge in [0.05, 0.1) is 0 Å². The highest BCUT2D eigenvalue weighted by Gasteiger charge is 2.00. The molecule has 1 unspecified atom stereocenters. The Balaban J connectivity index is 0. The summed E-state index contributed by atoms with van der Waals surface area (Å²) in [7, 11) is 0. The maximum Gasteiger partial charge on any atom is 0.00539 e. The summed E-state index contributed by atoms with van der Waals surface area (Å²) in [5, 5.41) is 0. The van der Waals surface area contributed by atoms with Gasteiger partial charge in [-0.3, -0.25) is 0 Å². The Kier molecular flexibility index (Phi) is 11.7. The molecule has 0 saturated carbocycles. The molecule has 1 aromatic rings. The Hall–Kier alpha value is -0.280. The van der Waals surface area contributed by atoms with E-state index < -0.39 is 0 Å². The summed E-state index contributed by atoms with van der Waals surface area (Å²) in [4.78, 5) is 0. The smallest absolute Gasteiger partial charge is 0.00539 e. The third-order valence-corrected chi connectivity index (χ3v) is 2.18. The lowest BCUT2D eigenvalue weighted by molar-refractivity contribution is 0.576. The van der Waals surface area contributed by atoms with Gasteiger partial charge in [0.2, 0.25) is 0 Å². The highest BCUT2D eigenvalue weighted by atomic mass is 35.5. The highest BCUT2D eigenvalue weighted by Crippen LogP contribution is 2.04.